The summed E-state index contributed by atoms with van der Waals surface area (Å²) in [4.78, 5) is 30.5. The third kappa shape index (κ3) is 4.04. The van der Waals surface area contributed by atoms with Crippen LogP contribution in [0.15, 0.2) is 54.7 Å². The first-order valence-electron chi connectivity index (χ1n) is 11.6. The van der Waals surface area contributed by atoms with Crippen molar-refractivity contribution < 1.29 is 14.7 Å². The van der Waals surface area contributed by atoms with E-state index in [0.717, 1.165) is 42.3 Å². The predicted molar refractivity (Wildman–Crippen MR) is 129 cm³/mol. The molecule has 1 saturated carbocycles. The van der Waals surface area contributed by atoms with E-state index in [9.17, 15) is 14.7 Å². The first-order chi connectivity index (χ1) is 15.6. The average Bonchev–Trinajstić information content (AvgIpc) is 3.25. The van der Waals surface area contributed by atoms with Crippen molar-refractivity contribution in [3.63, 3.8) is 0 Å². The lowest BCUT2D eigenvalue weighted by Gasteiger charge is -2.40. The normalized spacial score (nSPS) is 25.1. The van der Waals surface area contributed by atoms with Gasteiger partial charge in [-0.25, -0.2) is 0 Å². The fourth-order valence-electron chi connectivity index (χ4n) is 6.50. The smallest absolute Gasteiger partial charge is 0.325 e. The number of likely N-dealkylation sites (tertiary alicyclic amines) is 1. The van der Waals surface area contributed by atoms with E-state index in [1.807, 2.05) is 42.6 Å². The van der Waals surface area contributed by atoms with E-state index in [1.54, 1.807) is 12.1 Å². The van der Waals surface area contributed by atoms with Crippen LogP contribution in [0.3, 0.4) is 0 Å². The lowest BCUT2D eigenvalue weighted by molar-refractivity contribution is -0.144. The second-order valence-electron chi connectivity index (χ2n) is 11.0. The molecule has 1 aromatic heterocycles. The maximum atomic E-state index is 12.5. The fraction of sp³-hybridized carbons (Fsp3) is 0.407. The van der Waals surface area contributed by atoms with Gasteiger partial charge in [0.25, 0.3) is 5.91 Å². The Balaban J connectivity index is 1.44. The van der Waals surface area contributed by atoms with E-state index in [2.05, 4.69) is 36.0 Å². The SMILES string of the molecule is CC1(C)C[C@@H]2C[C@@](C)(CN2[C@H](C(=O)O)c2c[nH]c3cc(NC(=O)c4ccccc4)ccc23)C1. The Bertz CT molecular complexity index is 1220. The number of H-pyrrole nitrogens is 1. The van der Waals surface area contributed by atoms with Crippen molar-refractivity contribution >= 4 is 28.5 Å². The molecule has 6 nitrogen and oxygen atoms in total. The minimum absolute atomic E-state index is 0.154. The number of benzene rings is 2. The fourth-order valence-corrected chi connectivity index (χ4v) is 6.50. The average molecular weight is 446 g/mol. The first kappa shape index (κ1) is 21.7. The zero-order valence-electron chi connectivity index (χ0n) is 19.4. The van der Waals surface area contributed by atoms with Crippen LogP contribution in [0.25, 0.3) is 10.9 Å². The number of rotatable bonds is 5. The summed E-state index contributed by atoms with van der Waals surface area (Å²) in [5.74, 6) is -0.989. The molecule has 2 aliphatic rings. The van der Waals surface area contributed by atoms with Crippen LogP contribution in [-0.4, -0.2) is 39.5 Å². The number of carboxylic acids is 1. The van der Waals surface area contributed by atoms with Crippen LogP contribution >= 0.6 is 0 Å². The highest BCUT2D eigenvalue weighted by molar-refractivity contribution is 6.05. The Labute approximate surface area is 194 Å². The van der Waals surface area contributed by atoms with Gasteiger partial charge >= 0.3 is 5.97 Å². The zero-order valence-corrected chi connectivity index (χ0v) is 19.4. The highest BCUT2D eigenvalue weighted by atomic mass is 16.4. The number of carbonyl (C=O) groups is 2. The van der Waals surface area contributed by atoms with Gasteiger partial charge in [0.15, 0.2) is 0 Å². The van der Waals surface area contributed by atoms with E-state index in [-0.39, 0.29) is 22.8 Å². The molecule has 2 aromatic carbocycles. The van der Waals surface area contributed by atoms with Gasteiger partial charge in [-0.1, -0.05) is 45.0 Å². The molecule has 1 aliphatic carbocycles. The van der Waals surface area contributed by atoms with Crippen LogP contribution in [0.5, 0.6) is 0 Å². The Morgan fingerprint density at radius 2 is 1.88 bits per heavy atom. The van der Waals surface area contributed by atoms with Gasteiger partial charge in [0.2, 0.25) is 0 Å². The molecule has 1 aliphatic heterocycles. The number of aromatic nitrogens is 1. The molecule has 3 N–H and O–H groups in total. The first-order valence-corrected chi connectivity index (χ1v) is 11.6. The van der Waals surface area contributed by atoms with E-state index in [4.69, 9.17) is 0 Å². The summed E-state index contributed by atoms with van der Waals surface area (Å²) in [6.07, 6.45) is 5.02. The van der Waals surface area contributed by atoms with Crippen molar-refractivity contribution in [2.75, 3.05) is 11.9 Å². The van der Waals surface area contributed by atoms with Gasteiger partial charge in [-0.05, 0) is 54.4 Å². The summed E-state index contributed by atoms with van der Waals surface area (Å²) in [6.45, 7) is 7.70. The minimum Gasteiger partial charge on any atom is -0.480 e. The van der Waals surface area contributed by atoms with Gasteiger partial charge in [0.05, 0.1) is 0 Å². The quantitative estimate of drug-likeness (QED) is 0.488. The molecule has 5 rings (SSSR count). The third-order valence-electron chi connectivity index (χ3n) is 7.32. The number of amides is 1. The largest absolute Gasteiger partial charge is 0.480 e. The maximum Gasteiger partial charge on any atom is 0.325 e. The molecule has 0 unspecified atom stereocenters. The monoisotopic (exact) mass is 445 g/mol. The van der Waals surface area contributed by atoms with Crippen LogP contribution in [0, 0.1) is 10.8 Å². The third-order valence-corrected chi connectivity index (χ3v) is 7.32. The van der Waals surface area contributed by atoms with Gasteiger partial charge in [0.1, 0.15) is 6.04 Å². The van der Waals surface area contributed by atoms with Crippen LogP contribution in [0.1, 0.15) is 62.0 Å². The van der Waals surface area contributed by atoms with Crippen molar-refractivity contribution in [2.24, 2.45) is 10.8 Å². The molecule has 1 amide bonds. The summed E-state index contributed by atoms with van der Waals surface area (Å²) >= 11 is 0. The summed E-state index contributed by atoms with van der Waals surface area (Å²) in [5, 5.41) is 14.1. The van der Waals surface area contributed by atoms with Crippen molar-refractivity contribution in [1.29, 1.82) is 0 Å². The number of aliphatic carboxylic acids is 1. The van der Waals surface area contributed by atoms with E-state index in [0.29, 0.717) is 11.3 Å². The number of fused-ring (bicyclic) bond motifs is 3. The number of anilines is 1. The van der Waals surface area contributed by atoms with Crippen LogP contribution in [0.4, 0.5) is 5.69 Å². The Morgan fingerprint density at radius 3 is 2.61 bits per heavy atom. The number of nitrogens with zero attached hydrogens (tertiary/aromatic N) is 1. The molecule has 2 bridgehead atoms. The minimum atomic E-state index is -0.814. The molecule has 0 radical (unpaired) electrons. The Morgan fingerprint density at radius 1 is 1.12 bits per heavy atom. The number of hydrogen-bond acceptors (Lipinski definition) is 3. The summed E-state index contributed by atoms with van der Waals surface area (Å²) < 4.78 is 0. The van der Waals surface area contributed by atoms with Crippen molar-refractivity contribution in [1.82, 2.24) is 9.88 Å². The molecule has 172 valence electrons. The Kier molecular flexibility index (Phi) is 5.09. The van der Waals surface area contributed by atoms with Crippen LogP contribution in [0.2, 0.25) is 0 Å². The second kappa shape index (κ2) is 7.73. The zero-order chi connectivity index (χ0) is 23.4. The van der Waals surface area contributed by atoms with Crippen molar-refractivity contribution in [3.8, 4) is 0 Å². The summed E-state index contributed by atoms with van der Waals surface area (Å²) in [5.41, 5.74) is 3.24. The molecule has 6 heteroatoms. The predicted octanol–water partition coefficient (Wildman–Crippen LogP) is 5.45. The lowest BCUT2D eigenvalue weighted by Crippen LogP contribution is -2.39. The van der Waals surface area contributed by atoms with Crippen LogP contribution in [-0.2, 0) is 4.79 Å². The van der Waals surface area contributed by atoms with Gasteiger partial charge < -0.3 is 15.4 Å². The summed E-state index contributed by atoms with van der Waals surface area (Å²) in [6, 6.07) is 14.3. The van der Waals surface area contributed by atoms with Crippen LogP contribution < -0.4 is 5.32 Å². The number of carbonyl (C=O) groups excluding carboxylic acids is 1. The summed E-state index contributed by atoms with van der Waals surface area (Å²) in [7, 11) is 0. The van der Waals surface area contributed by atoms with Crippen molar-refractivity contribution in [3.05, 3.63) is 65.9 Å². The van der Waals surface area contributed by atoms with Gasteiger partial charge in [-0.15, -0.1) is 0 Å². The standard InChI is InChI=1S/C27H31N3O3/c1-26(2)12-19-13-27(3,15-26)16-30(19)23(25(32)33)21-14-28-22-11-18(9-10-20(21)22)29-24(31)17-7-5-4-6-8-17/h4-11,14,19,23,28H,12-13,15-16H2,1-3H3,(H,29,31)(H,32,33)/t19-,23+,27-/m1/s1. The second-order valence-corrected chi connectivity index (χ2v) is 11.0. The molecule has 2 heterocycles. The van der Waals surface area contributed by atoms with Gasteiger partial charge in [-0.2, -0.15) is 0 Å². The van der Waals surface area contributed by atoms with Gasteiger partial charge in [-0.3, -0.25) is 14.5 Å². The number of aromatic amines is 1. The van der Waals surface area contributed by atoms with Crippen molar-refractivity contribution in [2.45, 2.75) is 52.1 Å². The van der Waals surface area contributed by atoms with E-state index >= 15 is 0 Å². The number of nitrogens with one attached hydrogen (secondary N) is 2. The highest BCUT2D eigenvalue weighted by Gasteiger charge is 2.52. The molecular formula is C27H31N3O3. The molecule has 0 spiro atoms. The molecule has 3 aromatic rings. The van der Waals surface area contributed by atoms with E-state index < -0.39 is 12.0 Å². The topological polar surface area (TPSA) is 85.4 Å². The number of hydrogen-bond donors (Lipinski definition) is 3. The molecule has 3 atom stereocenters. The molecular weight excluding hydrogens is 414 g/mol. The maximum absolute atomic E-state index is 12.5. The lowest BCUT2D eigenvalue weighted by atomic mass is 9.65. The Hall–Kier alpha value is -3.12. The number of carboxylic acid groups (broad SMARTS) is 1. The molecule has 1 saturated heterocycles. The van der Waals surface area contributed by atoms with E-state index in [1.165, 1.54) is 0 Å². The van der Waals surface area contributed by atoms with Gasteiger partial charge in [0, 0.05) is 46.5 Å². The molecule has 33 heavy (non-hydrogen) atoms. The molecule has 2 fully saturated rings. The highest BCUT2D eigenvalue weighted by Crippen LogP contribution is 2.54.